The molecule has 2 aromatic carbocycles. The largest absolute Gasteiger partial charge is 0.384 e. The molecule has 2 nitrogen and oxygen atoms in total. The Balaban J connectivity index is 2.02. The second-order valence-electron chi connectivity index (χ2n) is 5.53. The fourth-order valence-electron chi connectivity index (χ4n) is 2.72. The molecule has 1 unspecified atom stereocenters. The minimum Gasteiger partial charge on any atom is -0.384 e. The number of benzene rings is 2. The third kappa shape index (κ3) is 2.36. The van der Waals surface area contributed by atoms with E-state index in [0.717, 1.165) is 27.7 Å². The molecule has 0 saturated carbocycles. The van der Waals surface area contributed by atoms with E-state index in [-0.39, 0.29) is 0 Å². The molecule has 1 aliphatic rings. The third-order valence-corrected chi connectivity index (χ3v) is 4.47. The molecule has 0 saturated heterocycles. The topological polar surface area (TPSA) is 23.5 Å². The van der Waals surface area contributed by atoms with Crippen LogP contribution in [0.2, 0.25) is 0 Å². The van der Waals surface area contributed by atoms with E-state index in [4.69, 9.17) is 0 Å². The molecule has 0 radical (unpaired) electrons. The van der Waals surface area contributed by atoms with Crippen molar-refractivity contribution in [2.45, 2.75) is 18.9 Å². The van der Waals surface area contributed by atoms with Crippen molar-refractivity contribution in [1.29, 1.82) is 0 Å². The number of anilines is 1. The van der Waals surface area contributed by atoms with E-state index in [1.807, 2.05) is 43.3 Å². The van der Waals surface area contributed by atoms with E-state index in [1.165, 1.54) is 17.5 Å². The zero-order valence-electron chi connectivity index (χ0n) is 11.7. The molecule has 0 spiro atoms. The summed E-state index contributed by atoms with van der Waals surface area (Å²) < 4.78 is 0.987. The van der Waals surface area contributed by atoms with Crippen molar-refractivity contribution in [2.24, 2.45) is 0 Å². The minimum atomic E-state index is -0.587. The fourth-order valence-corrected chi connectivity index (χ4v) is 3.10. The summed E-state index contributed by atoms with van der Waals surface area (Å²) >= 11 is 3.49. The van der Waals surface area contributed by atoms with Crippen LogP contribution in [0.1, 0.15) is 28.4 Å². The van der Waals surface area contributed by atoms with Crippen molar-refractivity contribution in [3.63, 3.8) is 0 Å². The van der Waals surface area contributed by atoms with Crippen molar-refractivity contribution in [3.05, 3.63) is 63.1 Å². The summed E-state index contributed by atoms with van der Waals surface area (Å²) in [7, 11) is 3.99. The number of aliphatic hydroxyl groups excluding tert-OH is 1. The van der Waals surface area contributed by atoms with Gasteiger partial charge in [0.05, 0.1) is 0 Å². The number of fused-ring (bicyclic) bond motifs is 1. The molecule has 104 valence electrons. The number of aryl methyl sites for hydroxylation is 2. The number of rotatable bonds is 3. The predicted molar refractivity (Wildman–Crippen MR) is 86.4 cm³/mol. The third-order valence-electron chi connectivity index (χ3n) is 3.98. The second-order valence-corrected chi connectivity index (χ2v) is 6.44. The van der Waals surface area contributed by atoms with Gasteiger partial charge in [-0.25, -0.2) is 0 Å². The van der Waals surface area contributed by atoms with Crippen LogP contribution in [0.4, 0.5) is 5.69 Å². The van der Waals surface area contributed by atoms with Crippen LogP contribution in [-0.2, 0) is 12.8 Å². The average Bonchev–Trinajstić information content (AvgIpc) is 2.39. The fraction of sp³-hybridized carbons (Fsp3) is 0.294. The molecule has 0 aromatic heterocycles. The normalized spacial score (nSPS) is 14.4. The SMILES string of the molecule is CN(C)c1ccc(Br)cc1C(O)c1ccc2c(c1)CC2. The van der Waals surface area contributed by atoms with Crippen LogP contribution in [-0.4, -0.2) is 19.2 Å². The standard InChI is InChI=1S/C17H18BrNO/c1-19(2)16-8-7-14(18)10-15(16)17(20)13-6-4-11-3-5-12(11)9-13/h4,6-10,17,20H,3,5H2,1-2H3. The van der Waals surface area contributed by atoms with Crippen molar-refractivity contribution in [1.82, 2.24) is 0 Å². The number of hydrogen-bond acceptors (Lipinski definition) is 2. The Kier molecular flexibility index (Phi) is 3.57. The van der Waals surface area contributed by atoms with E-state index in [1.54, 1.807) is 0 Å². The lowest BCUT2D eigenvalue weighted by molar-refractivity contribution is 0.220. The molecule has 0 amide bonds. The summed E-state index contributed by atoms with van der Waals surface area (Å²) in [5, 5.41) is 10.7. The molecule has 0 fully saturated rings. The van der Waals surface area contributed by atoms with Gasteiger partial charge in [-0.15, -0.1) is 0 Å². The Morgan fingerprint density at radius 2 is 1.80 bits per heavy atom. The molecule has 2 aromatic rings. The van der Waals surface area contributed by atoms with Crippen LogP contribution in [0, 0.1) is 0 Å². The van der Waals surface area contributed by atoms with Gasteiger partial charge in [0, 0.05) is 29.8 Å². The van der Waals surface area contributed by atoms with E-state index < -0.39 is 6.10 Å². The van der Waals surface area contributed by atoms with Gasteiger partial charge in [0.25, 0.3) is 0 Å². The van der Waals surface area contributed by atoms with Crippen LogP contribution in [0.5, 0.6) is 0 Å². The Labute approximate surface area is 128 Å². The van der Waals surface area contributed by atoms with Gasteiger partial charge < -0.3 is 10.0 Å². The highest BCUT2D eigenvalue weighted by Crippen LogP contribution is 2.34. The van der Waals surface area contributed by atoms with E-state index in [2.05, 4.69) is 28.1 Å². The molecule has 20 heavy (non-hydrogen) atoms. The molecule has 1 N–H and O–H groups in total. The van der Waals surface area contributed by atoms with Crippen molar-refractivity contribution >= 4 is 21.6 Å². The first-order valence-electron chi connectivity index (χ1n) is 6.83. The summed E-state index contributed by atoms with van der Waals surface area (Å²) in [5.41, 5.74) is 5.75. The maximum absolute atomic E-state index is 10.7. The molecule has 1 atom stereocenters. The first-order valence-corrected chi connectivity index (χ1v) is 7.62. The molecule has 0 bridgehead atoms. The molecule has 0 heterocycles. The summed E-state index contributed by atoms with van der Waals surface area (Å²) in [6.45, 7) is 0. The van der Waals surface area contributed by atoms with E-state index >= 15 is 0 Å². The maximum Gasteiger partial charge on any atom is 0.106 e. The molecule has 3 rings (SSSR count). The Bertz CT molecular complexity index is 651. The van der Waals surface area contributed by atoms with Gasteiger partial charge in [0.15, 0.2) is 0 Å². The van der Waals surface area contributed by atoms with Gasteiger partial charge in [-0.2, -0.15) is 0 Å². The highest BCUT2D eigenvalue weighted by molar-refractivity contribution is 9.10. The van der Waals surface area contributed by atoms with Crippen LogP contribution >= 0.6 is 15.9 Å². The van der Waals surface area contributed by atoms with E-state index in [0.29, 0.717) is 0 Å². The monoisotopic (exact) mass is 331 g/mol. The molecular weight excluding hydrogens is 314 g/mol. The van der Waals surface area contributed by atoms with Gasteiger partial charge in [0.1, 0.15) is 6.10 Å². The summed E-state index contributed by atoms with van der Waals surface area (Å²) in [4.78, 5) is 2.03. The highest BCUT2D eigenvalue weighted by Gasteiger charge is 2.20. The number of aliphatic hydroxyl groups is 1. The van der Waals surface area contributed by atoms with Crippen molar-refractivity contribution in [3.8, 4) is 0 Å². The van der Waals surface area contributed by atoms with Crippen LogP contribution < -0.4 is 4.90 Å². The van der Waals surface area contributed by atoms with Crippen molar-refractivity contribution in [2.75, 3.05) is 19.0 Å². The predicted octanol–water partition coefficient (Wildman–Crippen LogP) is 3.70. The van der Waals surface area contributed by atoms with Gasteiger partial charge in [-0.05, 0) is 47.7 Å². The average molecular weight is 332 g/mol. The second kappa shape index (κ2) is 5.23. The van der Waals surface area contributed by atoms with Crippen LogP contribution in [0.15, 0.2) is 40.9 Å². The Morgan fingerprint density at radius 1 is 1.05 bits per heavy atom. The molecule has 1 aliphatic carbocycles. The quantitative estimate of drug-likeness (QED) is 0.927. The summed E-state index contributed by atoms with van der Waals surface area (Å²) in [6.07, 6.45) is 1.72. The molecule has 0 aliphatic heterocycles. The van der Waals surface area contributed by atoms with Crippen LogP contribution in [0.25, 0.3) is 0 Å². The molecule has 3 heteroatoms. The zero-order valence-corrected chi connectivity index (χ0v) is 13.3. The summed E-state index contributed by atoms with van der Waals surface area (Å²) in [6, 6.07) is 12.4. The lowest BCUT2D eigenvalue weighted by atomic mass is 9.85. The lowest BCUT2D eigenvalue weighted by Gasteiger charge is -2.24. The van der Waals surface area contributed by atoms with Gasteiger partial charge in [0.2, 0.25) is 0 Å². The van der Waals surface area contributed by atoms with Crippen molar-refractivity contribution < 1.29 is 5.11 Å². The number of nitrogens with zero attached hydrogens (tertiary/aromatic N) is 1. The maximum atomic E-state index is 10.7. The molecular formula is C17H18BrNO. The van der Waals surface area contributed by atoms with E-state index in [9.17, 15) is 5.11 Å². The van der Waals surface area contributed by atoms with Gasteiger partial charge in [-0.3, -0.25) is 0 Å². The van der Waals surface area contributed by atoms with Gasteiger partial charge >= 0.3 is 0 Å². The first kappa shape index (κ1) is 13.7. The first-order chi connectivity index (χ1) is 9.56. The van der Waals surface area contributed by atoms with Crippen LogP contribution in [0.3, 0.4) is 0 Å². The Morgan fingerprint density at radius 3 is 2.40 bits per heavy atom. The highest BCUT2D eigenvalue weighted by atomic mass is 79.9. The number of hydrogen-bond donors (Lipinski definition) is 1. The lowest BCUT2D eigenvalue weighted by Crippen LogP contribution is -2.15. The number of halogens is 1. The summed E-state index contributed by atoms with van der Waals surface area (Å²) in [5.74, 6) is 0. The van der Waals surface area contributed by atoms with Gasteiger partial charge in [-0.1, -0.05) is 34.1 Å². The minimum absolute atomic E-state index is 0.587. The zero-order chi connectivity index (χ0) is 14.3. The Hall–Kier alpha value is -1.32. The smallest absolute Gasteiger partial charge is 0.106 e.